The van der Waals surface area contributed by atoms with Crippen LogP contribution in [-0.2, 0) is 6.61 Å². The van der Waals surface area contributed by atoms with Gasteiger partial charge in [-0.25, -0.2) is 0 Å². The van der Waals surface area contributed by atoms with Crippen LogP contribution >= 0.6 is 0 Å². The molecule has 3 aromatic rings. The van der Waals surface area contributed by atoms with Crippen LogP contribution in [0.3, 0.4) is 0 Å². The maximum Gasteiger partial charge on any atom is 0.255 e. The fraction of sp³-hybridized carbons (Fsp3) is 0.208. The van der Waals surface area contributed by atoms with Gasteiger partial charge in [0.2, 0.25) is 0 Å². The van der Waals surface area contributed by atoms with Gasteiger partial charge in [0.15, 0.2) is 0 Å². The lowest BCUT2D eigenvalue weighted by molar-refractivity contribution is 0.102. The smallest absolute Gasteiger partial charge is 0.255 e. The molecule has 4 heteroatoms. The lowest BCUT2D eigenvalue weighted by Gasteiger charge is -2.14. The van der Waals surface area contributed by atoms with Crippen molar-refractivity contribution in [2.45, 2.75) is 27.4 Å². The van der Waals surface area contributed by atoms with Crippen LogP contribution in [0.5, 0.6) is 11.5 Å². The number of anilines is 1. The van der Waals surface area contributed by atoms with Crippen LogP contribution in [0.15, 0.2) is 66.7 Å². The van der Waals surface area contributed by atoms with E-state index in [2.05, 4.69) is 5.32 Å². The molecule has 0 fully saturated rings. The molecule has 0 aliphatic carbocycles. The average Bonchev–Trinajstić information content (AvgIpc) is 2.68. The fourth-order valence-corrected chi connectivity index (χ4v) is 2.93. The third kappa shape index (κ3) is 4.92. The van der Waals surface area contributed by atoms with E-state index in [0.717, 1.165) is 33.9 Å². The first-order valence-corrected chi connectivity index (χ1v) is 9.39. The van der Waals surface area contributed by atoms with Gasteiger partial charge >= 0.3 is 0 Å². The van der Waals surface area contributed by atoms with Crippen molar-refractivity contribution in [3.8, 4) is 11.5 Å². The Labute approximate surface area is 166 Å². The molecule has 3 aromatic carbocycles. The first-order valence-electron chi connectivity index (χ1n) is 9.39. The molecule has 0 radical (unpaired) electrons. The Kier molecular flexibility index (Phi) is 6.33. The summed E-state index contributed by atoms with van der Waals surface area (Å²) in [5.74, 6) is 1.38. The Morgan fingerprint density at radius 1 is 0.893 bits per heavy atom. The van der Waals surface area contributed by atoms with Gasteiger partial charge in [0.05, 0.1) is 6.61 Å². The number of aryl methyl sites for hydroxylation is 2. The van der Waals surface area contributed by atoms with E-state index in [9.17, 15) is 4.79 Å². The van der Waals surface area contributed by atoms with E-state index >= 15 is 0 Å². The molecule has 1 N–H and O–H groups in total. The first-order chi connectivity index (χ1) is 13.6. The summed E-state index contributed by atoms with van der Waals surface area (Å²) in [6.07, 6.45) is 0. The Morgan fingerprint density at radius 2 is 1.71 bits per heavy atom. The number of amides is 1. The summed E-state index contributed by atoms with van der Waals surface area (Å²) < 4.78 is 11.7. The predicted molar refractivity (Wildman–Crippen MR) is 112 cm³/mol. The number of benzene rings is 3. The van der Waals surface area contributed by atoms with E-state index in [1.54, 1.807) is 6.07 Å². The number of para-hydroxylation sites is 1. The van der Waals surface area contributed by atoms with Crippen molar-refractivity contribution in [2.24, 2.45) is 0 Å². The molecule has 4 nitrogen and oxygen atoms in total. The maximum atomic E-state index is 12.7. The van der Waals surface area contributed by atoms with Crippen LogP contribution < -0.4 is 14.8 Å². The van der Waals surface area contributed by atoms with Gasteiger partial charge < -0.3 is 14.8 Å². The topological polar surface area (TPSA) is 47.6 Å². The van der Waals surface area contributed by atoms with Crippen LogP contribution in [0.2, 0.25) is 0 Å². The van der Waals surface area contributed by atoms with Gasteiger partial charge in [-0.2, -0.15) is 0 Å². The zero-order valence-electron chi connectivity index (χ0n) is 16.5. The second-order valence-corrected chi connectivity index (χ2v) is 6.63. The molecule has 0 bridgehead atoms. The van der Waals surface area contributed by atoms with Crippen LogP contribution in [0.1, 0.15) is 34.0 Å². The summed E-state index contributed by atoms with van der Waals surface area (Å²) in [7, 11) is 0. The van der Waals surface area contributed by atoms with E-state index < -0.39 is 0 Å². The fourth-order valence-electron chi connectivity index (χ4n) is 2.93. The second-order valence-electron chi connectivity index (χ2n) is 6.63. The van der Waals surface area contributed by atoms with E-state index in [1.165, 1.54) is 0 Å². The minimum absolute atomic E-state index is 0.161. The van der Waals surface area contributed by atoms with Crippen molar-refractivity contribution in [2.75, 3.05) is 11.9 Å². The molecule has 0 atom stereocenters. The van der Waals surface area contributed by atoms with Gasteiger partial charge in [0.1, 0.15) is 18.1 Å². The monoisotopic (exact) mass is 375 g/mol. The molecule has 144 valence electrons. The Balaban J connectivity index is 1.80. The predicted octanol–water partition coefficient (Wildman–Crippen LogP) is 5.53. The van der Waals surface area contributed by atoms with Gasteiger partial charge in [-0.15, -0.1) is 0 Å². The number of carbonyl (C=O) groups is 1. The third-order valence-electron chi connectivity index (χ3n) is 4.38. The molecule has 0 aromatic heterocycles. The summed E-state index contributed by atoms with van der Waals surface area (Å²) in [4.78, 5) is 12.7. The summed E-state index contributed by atoms with van der Waals surface area (Å²) in [5.41, 5.74) is 4.33. The van der Waals surface area contributed by atoms with Crippen LogP contribution in [0.25, 0.3) is 0 Å². The molecule has 0 aliphatic rings. The molecule has 28 heavy (non-hydrogen) atoms. The maximum absolute atomic E-state index is 12.7. The van der Waals surface area contributed by atoms with E-state index in [0.29, 0.717) is 18.8 Å². The van der Waals surface area contributed by atoms with Gasteiger partial charge in [0.25, 0.3) is 5.91 Å². The zero-order chi connectivity index (χ0) is 19.9. The molecule has 0 saturated heterocycles. The highest BCUT2D eigenvalue weighted by molar-refractivity contribution is 6.04. The summed E-state index contributed by atoms with van der Waals surface area (Å²) in [6.45, 7) is 6.81. The van der Waals surface area contributed by atoms with Gasteiger partial charge in [0, 0.05) is 16.8 Å². The molecular weight excluding hydrogens is 350 g/mol. The lowest BCUT2D eigenvalue weighted by atomic mass is 10.1. The van der Waals surface area contributed by atoms with Crippen molar-refractivity contribution in [1.29, 1.82) is 0 Å². The quantitative estimate of drug-likeness (QED) is 0.590. The highest BCUT2D eigenvalue weighted by atomic mass is 16.5. The van der Waals surface area contributed by atoms with Crippen molar-refractivity contribution in [3.05, 3.63) is 89.0 Å². The average molecular weight is 375 g/mol. The molecule has 3 rings (SSSR count). The number of hydrogen-bond acceptors (Lipinski definition) is 3. The first kappa shape index (κ1) is 19.5. The van der Waals surface area contributed by atoms with Crippen LogP contribution in [-0.4, -0.2) is 12.5 Å². The Morgan fingerprint density at radius 3 is 2.46 bits per heavy atom. The minimum Gasteiger partial charge on any atom is -0.493 e. The Bertz CT molecular complexity index is 966. The molecule has 0 spiro atoms. The van der Waals surface area contributed by atoms with Crippen molar-refractivity contribution in [3.63, 3.8) is 0 Å². The van der Waals surface area contributed by atoms with Crippen LogP contribution in [0, 0.1) is 13.8 Å². The second kappa shape index (κ2) is 9.09. The zero-order valence-corrected chi connectivity index (χ0v) is 16.5. The van der Waals surface area contributed by atoms with E-state index in [4.69, 9.17) is 9.47 Å². The van der Waals surface area contributed by atoms with Gasteiger partial charge in [-0.05, 0) is 68.3 Å². The van der Waals surface area contributed by atoms with Crippen molar-refractivity contribution < 1.29 is 14.3 Å². The van der Waals surface area contributed by atoms with E-state index in [1.807, 2.05) is 81.4 Å². The SMILES string of the molecule is CCOc1ccc(C(=O)Nc2cccc(C)c2)cc1COc1ccccc1C. The Hall–Kier alpha value is -3.27. The summed E-state index contributed by atoms with van der Waals surface area (Å²) >= 11 is 0. The number of hydrogen-bond donors (Lipinski definition) is 1. The number of ether oxygens (including phenoxy) is 2. The molecule has 0 unspecified atom stereocenters. The van der Waals surface area contributed by atoms with Gasteiger partial charge in [-0.1, -0.05) is 30.3 Å². The lowest BCUT2D eigenvalue weighted by Crippen LogP contribution is -2.13. The van der Waals surface area contributed by atoms with Crippen LogP contribution in [0.4, 0.5) is 5.69 Å². The largest absolute Gasteiger partial charge is 0.493 e. The molecule has 0 heterocycles. The van der Waals surface area contributed by atoms with Gasteiger partial charge in [-0.3, -0.25) is 4.79 Å². The van der Waals surface area contributed by atoms with Crippen molar-refractivity contribution in [1.82, 2.24) is 0 Å². The molecule has 1 amide bonds. The molecular formula is C24H25NO3. The molecule has 0 aliphatic heterocycles. The highest BCUT2D eigenvalue weighted by Crippen LogP contribution is 2.25. The minimum atomic E-state index is -0.161. The number of carbonyl (C=O) groups excluding carboxylic acids is 1. The van der Waals surface area contributed by atoms with Crippen molar-refractivity contribution >= 4 is 11.6 Å². The summed E-state index contributed by atoms with van der Waals surface area (Å²) in [6, 6.07) is 21.0. The normalized spacial score (nSPS) is 10.4. The highest BCUT2D eigenvalue weighted by Gasteiger charge is 2.12. The third-order valence-corrected chi connectivity index (χ3v) is 4.38. The standard InChI is InChI=1S/C24H25NO3/c1-4-27-23-13-12-19(24(26)25-21-10-7-8-17(2)14-21)15-20(23)16-28-22-11-6-5-9-18(22)3/h5-15H,4,16H2,1-3H3,(H,25,26). The number of rotatable bonds is 7. The van der Waals surface area contributed by atoms with E-state index in [-0.39, 0.29) is 5.91 Å². The molecule has 0 saturated carbocycles. The summed E-state index contributed by atoms with van der Waals surface area (Å²) in [5, 5.41) is 2.94. The number of nitrogens with one attached hydrogen (secondary N) is 1.